The van der Waals surface area contributed by atoms with E-state index >= 15 is 0 Å². The number of nitrogens with one attached hydrogen (secondary N) is 5. The number of rotatable bonds is 29. The van der Waals surface area contributed by atoms with Crippen LogP contribution in [0, 0.1) is 0 Å². The van der Waals surface area contributed by atoms with Crippen LogP contribution in [-0.2, 0) is 61.8 Å². The third-order valence-corrected chi connectivity index (χ3v) is 15.5. The Balaban J connectivity index is 1.18. The molecule has 1 aromatic rings. The molecule has 6 rings (SSSR count). The first kappa shape index (κ1) is 72.3. The van der Waals surface area contributed by atoms with Gasteiger partial charge in [0.25, 0.3) is 5.91 Å². The van der Waals surface area contributed by atoms with E-state index in [-0.39, 0.29) is 5.56 Å². The molecule has 13 unspecified atom stereocenters. The predicted octanol–water partition coefficient (Wildman–Crippen LogP) is -6.23. The second-order valence-corrected chi connectivity index (χ2v) is 22.2. The van der Waals surface area contributed by atoms with Crippen LogP contribution in [0.15, 0.2) is 36.4 Å². The van der Waals surface area contributed by atoms with Gasteiger partial charge in [0, 0.05) is 33.3 Å². The lowest BCUT2D eigenvalue weighted by Crippen LogP contribution is -2.72. The van der Waals surface area contributed by atoms with Crippen LogP contribution in [0.5, 0.6) is 5.75 Å². The van der Waals surface area contributed by atoms with Crippen molar-refractivity contribution in [1.29, 1.82) is 0 Å². The van der Waals surface area contributed by atoms with Crippen molar-refractivity contribution in [2.45, 2.75) is 233 Å². The molecule has 5 fully saturated rings. The Labute approximate surface area is 507 Å². The standard InChI is InChI=1S/C56H89N5O27/c1-6-7-8-9-10-11-12-13-14-18-79-30-17-15-16-29(19-30)51(77)61-37-42(72)41(71)31(20-62)81-53(37)86-48-33(22-64)83-55(39(44(48)74)59-27(4)69)88-50-35(24-66)84-56(40(46(50)76)60-28(5)70)87-49-34(23-65)82-54(38(45(49)75)58-26(3)68)85-47-32(21-63)80-52(78)36(43(47)73)57-25(2)67/h11-12,15-17,19,31-50,52-56,62-66,71-76,78H,6-10,13-14,18,20-24H2,1-5H3,(H,57,67)(H,58,68)(H,59,69)(H,60,70)(H,61,77)/b12-11-/t31?,32?,33-,34-,35?,36-,37-,38?,39?,40-,41+,42+,43+,44?,45?,46+,47?,48+,49+,50?,52?,53?,54?,55?,56-/m0/s1. The quantitative estimate of drug-likeness (QED) is 0.0262. The van der Waals surface area contributed by atoms with Gasteiger partial charge < -0.3 is 135 Å². The van der Waals surface area contributed by atoms with Crippen molar-refractivity contribution in [3.63, 3.8) is 0 Å². The van der Waals surface area contributed by atoms with E-state index in [2.05, 4.69) is 45.7 Å². The van der Waals surface area contributed by atoms with Gasteiger partial charge in [-0.2, -0.15) is 0 Å². The van der Waals surface area contributed by atoms with Gasteiger partial charge in [0.1, 0.15) is 128 Å². The number of hydrogen-bond donors (Lipinski definition) is 17. The fraction of sp³-hybridized carbons (Fsp3) is 0.768. The van der Waals surface area contributed by atoms with Crippen LogP contribution < -0.4 is 31.3 Å². The molecule has 17 N–H and O–H groups in total. The van der Waals surface area contributed by atoms with E-state index in [0.29, 0.717) is 18.8 Å². The van der Waals surface area contributed by atoms with Crippen molar-refractivity contribution in [2.24, 2.45) is 0 Å². The number of ether oxygens (including phenoxy) is 10. The summed E-state index contributed by atoms with van der Waals surface area (Å²) in [5.41, 5.74) is 0.0576. The van der Waals surface area contributed by atoms with E-state index in [4.69, 9.17) is 47.4 Å². The number of allylic oxidation sites excluding steroid dienone is 2. The summed E-state index contributed by atoms with van der Waals surface area (Å²) in [4.78, 5) is 64.1. The van der Waals surface area contributed by atoms with Crippen LogP contribution in [0.3, 0.4) is 0 Å². The van der Waals surface area contributed by atoms with Gasteiger partial charge in [-0.3, -0.25) is 24.0 Å². The lowest BCUT2D eigenvalue weighted by Gasteiger charge is -2.51. The summed E-state index contributed by atoms with van der Waals surface area (Å²) in [6.45, 7) is 2.01. The third kappa shape index (κ3) is 18.7. The van der Waals surface area contributed by atoms with E-state index in [1.807, 2.05) is 0 Å². The van der Waals surface area contributed by atoms with Crippen LogP contribution in [0.4, 0.5) is 0 Å². The minimum absolute atomic E-state index is 0.0576. The van der Waals surface area contributed by atoms with E-state index in [1.54, 1.807) is 12.1 Å². The van der Waals surface area contributed by atoms with Gasteiger partial charge in [-0.15, -0.1) is 0 Å². The Morgan fingerprint density at radius 1 is 0.455 bits per heavy atom. The normalized spacial score (nSPS) is 37.8. The fourth-order valence-electron chi connectivity index (χ4n) is 11.1. The van der Waals surface area contributed by atoms with Gasteiger partial charge in [-0.25, -0.2) is 0 Å². The van der Waals surface area contributed by atoms with E-state index in [1.165, 1.54) is 25.0 Å². The third-order valence-electron chi connectivity index (χ3n) is 15.5. The largest absolute Gasteiger partial charge is 0.494 e. The van der Waals surface area contributed by atoms with Crippen molar-refractivity contribution in [3.05, 3.63) is 42.0 Å². The fourth-order valence-corrected chi connectivity index (χ4v) is 11.1. The zero-order chi connectivity index (χ0) is 64.5. The van der Waals surface area contributed by atoms with Gasteiger partial charge >= 0.3 is 0 Å². The number of aliphatic hydroxyl groups excluding tert-OH is 12. The molecular weight excluding hydrogens is 1170 g/mol. The lowest BCUT2D eigenvalue weighted by atomic mass is 9.93. The highest BCUT2D eigenvalue weighted by Gasteiger charge is 2.58. The maximum Gasteiger partial charge on any atom is 0.251 e. The number of benzene rings is 1. The molecule has 0 saturated carbocycles. The highest BCUT2D eigenvalue weighted by molar-refractivity contribution is 5.94. The number of hydrogen-bond acceptors (Lipinski definition) is 27. The summed E-state index contributed by atoms with van der Waals surface area (Å²) in [5, 5.41) is 145. The first-order valence-electron chi connectivity index (χ1n) is 29.5. The molecule has 0 aromatic heterocycles. The minimum Gasteiger partial charge on any atom is -0.494 e. The molecule has 1 aromatic carbocycles. The predicted molar refractivity (Wildman–Crippen MR) is 297 cm³/mol. The topological polar surface area (TPSA) is 481 Å². The van der Waals surface area contributed by atoms with E-state index < -0.39 is 216 Å². The molecular formula is C56H89N5O27. The smallest absolute Gasteiger partial charge is 0.251 e. The average molecular weight is 1260 g/mol. The average Bonchev–Trinajstić information content (AvgIpc) is 1.44. The van der Waals surface area contributed by atoms with Crippen LogP contribution >= 0.6 is 0 Å². The molecule has 5 amide bonds. The number of amides is 5. The molecule has 0 bridgehead atoms. The lowest BCUT2D eigenvalue weighted by molar-refractivity contribution is -0.367. The zero-order valence-corrected chi connectivity index (χ0v) is 49.6. The van der Waals surface area contributed by atoms with Crippen molar-refractivity contribution >= 4 is 29.5 Å². The molecule has 0 radical (unpaired) electrons. The molecule has 0 aliphatic carbocycles. The van der Waals surface area contributed by atoms with Crippen LogP contribution in [0.25, 0.3) is 0 Å². The Hall–Kier alpha value is -4.73. The second kappa shape index (κ2) is 34.6. The van der Waals surface area contributed by atoms with Gasteiger partial charge in [-0.05, 0) is 43.9 Å². The number of aliphatic hydroxyl groups is 12. The molecule has 5 aliphatic rings. The highest BCUT2D eigenvalue weighted by Crippen LogP contribution is 2.36. The molecule has 88 heavy (non-hydrogen) atoms. The summed E-state index contributed by atoms with van der Waals surface area (Å²) in [7, 11) is 0. The Kier molecular flexibility index (Phi) is 28.5. The van der Waals surface area contributed by atoms with Gasteiger partial charge in [-0.1, -0.05) is 44.4 Å². The highest BCUT2D eigenvalue weighted by atomic mass is 16.8. The van der Waals surface area contributed by atoms with Crippen molar-refractivity contribution in [2.75, 3.05) is 39.6 Å². The van der Waals surface area contributed by atoms with Gasteiger partial charge in [0.05, 0.1) is 39.6 Å². The molecule has 0 spiro atoms. The molecule has 25 atom stereocenters. The maximum absolute atomic E-state index is 13.9. The number of carbonyl (C=O) groups excluding carboxylic acids is 5. The first-order valence-corrected chi connectivity index (χ1v) is 29.5. The minimum atomic E-state index is -2.03. The van der Waals surface area contributed by atoms with Crippen LogP contribution in [-0.4, -0.2) is 284 Å². The molecule has 5 saturated heterocycles. The Morgan fingerprint density at radius 2 is 0.830 bits per heavy atom. The van der Waals surface area contributed by atoms with Gasteiger partial charge in [0.2, 0.25) is 23.6 Å². The zero-order valence-electron chi connectivity index (χ0n) is 49.6. The summed E-state index contributed by atoms with van der Waals surface area (Å²) < 4.78 is 59.8. The molecule has 500 valence electrons. The molecule has 32 heteroatoms. The number of carbonyl (C=O) groups is 5. The van der Waals surface area contributed by atoms with Crippen LogP contribution in [0.1, 0.15) is 89.9 Å². The second-order valence-electron chi connectivity index (χ2n) is 22.2. The maximum atomic E-state index is 13.9. The van der Waals surface area contributed by atoms with E-state index in [0.717, 1.165) is 53.4 Å². The monoisotopic (exact) mass is 1260 g/mol. The molecule has 32 nitrogen and oxygen atoms in total. The van der Waals surface area contributed by atoms with E-state index in [9.17, 15) is 85.3 Å². The molecule has 5 aliphatic heterocycles. The first-order chi connectivity index (χ1) is 42.0. The van der Waals surface area contributed by atoms with Crippen molar-refractivity contribution < 1.29 is 133 Å². The Bertz CT molecular complexity index is 2400. The van der Waals surface area contributed by atoms with Crippen LogP contribution in [0.2, 0.25) is 0 Å². The van der Waals surface area contributed by atoms with Crippen molar-refractivity contribution in [1.82, 2.24) is 26.6 Å². The Morgan fingerprint density at radius 3 is 1.24 bits per heavy atom. The summed E-state index contributed by atoms with van der Waals surface area (Å²) >= 11 is 0. The number of unbranched alkanes of at least 4 members (excludes halogenated alkanes) is 5. The summed E-state index contributed by atoms with van der Waals surface area (Å²) in [6.07, 6.45) is -24.4. The summed E-state index contributed by atoms with van der Waals surface area (Å²) in [6, 6.07) is -2.18. The SMILES string of the molecule is CCCCCC/C=C\CCCOc1cccc(C(=O)N[C@@H]2C(O[C@H]3C(O)C(NC(C)=O)C(OC4C(CO)O[C@@H](O[C@H]5C(O)C(NC(C)=O)C(OC6C(CO)OC(O)[C@@H](NC(C)=O)[C@H]6O)O[C@H]5CO)[C@@H](NC(C)=O)[C@H]4O)O[C@H]3CO)OC(CO)[C@@H](O)[C@@H]2O)c1. The summed E-state index contributed by atoms with van der Waals surface area (Å²) in [5.74, 6) is -3.54. The van der Waals surface area contributed by atoms with Crippen molar-refractivity contribution in [3.8, 4) is 5.75 Å². The molecule has 5 heterocycles. The van der Waals surface area contributed by atoms with Gasteiger partial charge in [0.15, 0.2) is 31.5 Å².